The van der Waals surface area contributed by atoms with Gasteiger partial charge in [0, 0.05) is 24.9 Å². The molecule has 2 aliphatic rings. The highest BCUT2D eigenvalue weighted by molar-refractivity contribution is 5.76. The molecule has 0 aromatic carbocycles. The van der Waals surface area contributed by atoms with Crippen LogP contribution in [0.15, 0.2) is 4.99 Å². The molecule has 0 atom stereocenters. The molecule has 3 heteroatoms. The molecule has 0 aromatic rings. The predicted molar refractivity (Wildman–Crippen MR) is 43.8 cm³/mol. The van der Waals surface area contributed by atoms with E-state index in [1.54, 1.807) is 7.11 Å². The molecule has 62 valence electrons. The molecular weight excluding hydrogens is 140 g/mol. The number of nitrogens with zero attached hydrogens (tertiary/aromatic N) is 1. The summed E-state index contributed by atoms with van der Waals surface area (Å²) in [6.45, 7) is 3.25. The summed E-state index contributed by atoms with van der Waals surface area (Å²) in [5, 5.41) is 3.29. The van der Waals surface area contributed by atoms with Crippen molar-refractivity contribution in [2.75, 3.05) is 26.7 Å². The minimum absolute atomic E-state index is 0.502. The van der Waals surface area contributed by atoms with Crippen LogP contribution < -0.4 is 5.32 Å². The Labute approximate surface area is 66.8 Å². The van der Waals surface area contributed by atoms with Crippen molar-refractivity contribution in [2.24, 2.45) is 10.4 Å². The lowest BCUT2D eigenvalue weighted by atomic mass is 9.76. The average Bonchev–Trinajstić information content (AvgIpc) is 2.02. The van der Waals surface area contributed by atoms with Gasteiger partial charge in [-0.05, 0) is 6.42 Å². The zero-order valence-electron chi connectivity index (χ0n) is 6.89. The Bertz CT molecular complexity index is 185. The second kappa shape index (κ2) is 2.48. The fourth-order valence-electron chi connectivity index (χ4n) is 1.72. The summed E-state index contributed by atoms with van der Waals surface area (Å²) in [7, 11) is 1.70. The number of methoxy groups -OCH3 is 1. The molecule has 3 nitrogen and oxygen atoms in total. The second-order valence-electron chi connectivity index (χ2n) is 3.52. The van der Waals surface area contributed by atoms with Gasteiger partial charge in [-0.2, -0.15) is 0 Å². The summed E-state index contributed by atoms with van der Waals surface area (Å²) in [5.74, 6) is 0.933. The molecule has 0 unspecified atom stereocenters. The minimum atomic E-state index is 0.502. The van der Waals surface area contributed by atoms with Crippen LogP contribution in [0.1, 0.15) is 12.8 Å². The maximum atomic E-state index is 5.08. The molecule has 1 saturated heterocycles. The van der Waals surface area contributed by atoms with Crippen LogP contribution in [0.5, 0.6) is 0 Å². The Hall–Kier alpha value is -0.570. The molecule has 0 bridgehead atoms. The Balaban J connectivity index is 1.98. The van der Waals surface area contributed by atoms with Gasteiger partial charge in [-0.1, -0.05) is 0 Å². The molecule has 2 heterocycles. The predicted octanol–water partition coefficient (Wildman–Crippen LogP) is 0.415. The van der Waals surface area contributed by atoms with E-state index in [1.807, 2.05) is 0 Å². The molecule has 2 aliphatic heterocycles. The number of ether oxygens (including phenoxy) is 1. The van der Waals surface area contributed by atoms with Crippen LogP contribution >= 0.6 is 0 Å². The Morgan fingerprint density at radius 3 is 2.73 bits per heavy atom. The van der Waals surface area contributed by atoms with Crippen LogP contribution in [0.4, 0.5) is 0 Å². The normalized spacial score (nSPS) is 27.5. The third-order valence-corrected chi connectivity index (χ3v) is 2.70. The summed E-state index contributed by atoms with van der Waals surface area (Å²) in [5.41, 5.74) is 0.502. The smallest absolute Gasteiger partial charge is 0.182 e. The highest BCUT2D eigenvalue weighted by Gasteiger charge is 2.38. The van der Waals surface area contributed by atoms with Gasteiger partial charge in [0.1, 0.15) is 0 Å². The quantitative estimate of drug-likeness (QED) is 0.548. The first-order valence-electron chi connectivity index (χ1n) is 4.13. The number of hydrogen-bond donors (Lipinski definition) is 1. The van der Waals surface area contributed by atoms with E-state index in [0.29, 0.717) is 5.41 Å². The van der Waals surface area contributed by atoms with Crippen molar-refractivity contribution in [1.82, 2.24) is 5.32 Å². The molecule has 1 fully saturated rings. The first kappa shape index (κ1) is 7.10. The topological polar surface area (TPSA) is 33.6 Å². The molecule has 0 amide bonds. The van der Waals surface area contributed by atoms with Gasteiger partial charge in [0.2, 0.25) is 0 Å². The van der Waals surface area contributed by atoms with Crippen LogP contribution in [0.2, 0.25) is 0 Å². The first-order chi connectivity index (χ1) is 5.35. The van der Waals surface area contributed by atoms with Gasteiger partial charge in [0.05, 0.1) is 13.7 Å². The van der Waals surface area contributed by atoms with Gasteiger partial charge in [-0.15, -0.1) is 0 Å². The Morgan fingerprint density at radius 1 is 1.55 bits per heavy atom. The standard InChI is InChI=1S/C8H14N2O/c1-11-7-2-3-8(6-10-7)4-9-5-8/h9H,2-6H2,1H3. The molecule has 2 rings (SSSR count). The van der Waals surface area contributed by atoms with Crippen LogP contribution in [-0.4, -0.2) is 32.6 Å². The summed E-state index contributed by atoms with van der Waals surface area (Å²) < 4.78 is 5.08. The highest BCUT2D eigenvalue weighted by Crippen LogP contribution is 2.32. The van der Waals surface area contributed by atoms with Crippen LogP contribution in [0.25, 0.3) is 0 Å². The third-order valence-electron chi connectivity index (χ3n) is 2.70. The second-order valence-corrected chi connectivity index (χ2v) is 3.52. The van der Waals surface area contributed by atoms with Crippen molar-refractivity contribution < 1.29 is 4.74 Å². The Morgan fingerprint density at radius 2 is 2.36 bits per heavy atom. The first-order valence-corrected chi connectivity index (χ1v) is 4.13. The lowest BCUT2D eigenvalue weighted by Gasteiger charge is -2.43. The van der Waals surface area contributed by atoms with E-state index in [1.165, 1.54) is 6.42 Å². The van der Waals surface area contributed by atoms with E-state index in [4.69, 9.17) is 4.74 Å². The number of aliphatic imine (C=N–C) groups is 1. The van der Waals surface area contributed by atoms with E-state index in [0.717, 1.165) is 32.0 Å². The largest absolute Gasteiger partial charge is 0.484 e. The van der Waals surface area contributed by atoms with Crippen molar-refractivity contribution in [3.8, 4) is 0 Å². The SMILES string of the molecule is COC1=NCC2(CC1)CNC2. The molecule has 0 aromatic heterocycles. The highest BCUT2D eigenvalue weighted by atomic mass is 16.5. The van der Waals surface area contributed by atoms with Crippen molar-refractivity contribution in [3.63, 3.8) is 0 Å². The summed E-state index contributed by atoms with van der Waals surface area (Å²) >= 11 is 0. The van der Waals surface area contributed by atoms with Crippen molar-refractivity contribution in [2.45, 2.75) is 12.8 Å². The molecular formula is C8H14N2O. The number of hydrogen-bond acceptors (Lipinski definition) is 3. The van der Waals surface area contributed by atoms with Gasteiger partial charge in [-0.3, -0.25) is 4.99 Å². The minimum Gasteiger partial charge on any atom is -0.484 e. The fourth-order valence-corrected chi connectivity index (χ4v) is 1.72. The monoisotopic (exact) mass is 154 g/mol. The van der Waals surface area contributed by atoms with Gasteiger partial charge < -0.3 is 10.1 Å². The van der Waals surface area contributed by atoms with Crippen molar-refractivity contribution in [1.29, 1.82) is 0 Å². The van der Waals surface area contributed by atoms with E-state index in [2.05, 4.69) is 10.3 Å². The van der Waals surface area contributed by atoms with Crippen LogP contribution in [-0.2, 0) is 4.74 Å². The summed E-state index contributed by atoms with van der Waals surface area (Å²) in [4.78, 5) is 4.38. The average molecular weight is 154 g/mol. The maximum Gasteiger partial charge on any atom is 0.182 e. The molecule has 0 radical (unpaired) electrons. The number of rotatable bonds is 0. The summed E-state index contributed by atoms with van der Waals surface area (Å²) in [6.07, 6.45) is 2.27. The van der Waals surface area contributed by atoms with Gasteiger partial charge in [0.15, 0.2) is 5.90 Å². The van der Waals surface area contributed by atoms with Gasteiger partial charge >= 0.3 is 0 Å². The van der Waals surface area contributed by atoms with Crippen molar-refractivity contribution in [3.05, 3.63) is 0 Å². The lowest BCUT2D eigenvalue weighted by molar-refractivity contribution is 0.153. The van der Waals surface area contributed by atoms with Gasteiger partial charge in [-0.25, -0.2) is 0 Å². The molecule has 0 saturated carbocycles. The van der Waals surface area contributed by atoms with Gasteiger partial charge in [0.25, 0.3) is 0 Å². The molecule has 0 aliphatic carbocycles. The maximum absolute atomic E-state index is 5.08. The fraction of sp³-hybridized carbons (Fsp3) is 0.875. The zero-order chi connectivity index (χ0) is 7.73. The molecule has 1 spiro atoms. The van der Waals surface area contributed by atoms with E-state index in [-0.39, 0.29) is 0 Å². The summed E-state index contributed by atoms with van der Waals surface area (Å²) in [6, 6.07) is 0. The molecule has 11 heavy (non-hydrogen) atoms. The van der Waals surface area contributed by atoms with Crippen LogP contribution in [0.3, 0.4) is 0 Å². The van der Waals surface area contributed by atoms with E-state index >= 15 is 0 Å². The van der Waals surface area contributed by atoms with E-state index in [9.17, 15) is 0 Å². The number of nitrogens with one attached hydrogen (secondary N) is 1. The molecule has 1 N–H and O–H groups in total. The third kappa shape index (κ3) is 1.13. The Kier molecular flexibility index (Phi) is 1.60. The van der Waals surface area contributed by atoms with Crippen molar-refractivity contribution >= 4 is 5.90 Å². The lowest BCUT2D eigenvalue weighted by Crippen LogP contribution is -2.56. The van der Waals surface area contributed by atoms with Crippen LogP contribution in [0, 0.1) is 5.41 Å². The zero-order valence-corrected chi connectivity index (χ0v) is 6.89. The van der Waals surface area contributed by atoms with E-state index < -0.39 is 0 Å².